The number of hydrogen-bond donors (Lipinski definition) is 1. The SMILES string of the molecule is Cc1ccc([C@]2(CC[NH2+][C@@H](C)c3ccccc3)CCO[C@H](C(C)C)C2)cc1. The number of ether oxygens (including phenoxy) is 1. The summed E-state index contributed by atoms with van der Waals surface area (Å²) in [7, 11) is 0. The molecular formula is C25H36NO+. The van der Waals surface area contributed by atoms with E-state index in [9.17, 15) is 0 Å². The lowest BCUT2D eigenvalue weighted by atomic mass is 9.68. The second-order valence-electron chi connectivity index (χ2n) is 8.73. The molecule has 0 amide bonds. The zero-order valence-corrected chi connectivity index (χ0v) is 17.4. The average molecular weight is 367 g/mol. The fraction of sp³-hybridized carbons (Fsp3) is 0.520. The molecule has 27 heavy (non-hydrogen) atoms. The highest BCUT2D eigenvalue weighted by molar-refractivity contribution is 5.29. The Hall–Kier alpha value is -1.64. The van der Waals surface area contributed by atoms with Crippen molar-refractivity contribution in [1.29, 1.82) is 0 Å². The van der Waals surface area contributed by atoms with Crippen molar-refractivity contribution in [2.24, 2.45) is 5.92 Å². The summed E-state index contributed by atoms with van der Waals surface area (Å²) in [5, 5.41) is 2.51. The third-order valence-electron chi connectivity index (χ3n) is 6.38. The van der Waals surface area contributed by atoms with Gasteiger partial charge in [-0.2, -0.15) is 0 Å². The van der Waals surface area contributed by atoms with E-state index >= 15 is 0 Å². The first-order valence-corrected chi connectivity index (χ1v) is 10.6. The number of nitrogens with two attached hydrogens (primary N) is 1. The van der Waals surface area contributed by atoms with Gasteiger partial charge in [-0.25, -0.2) is 0 Å². The first kappa shape index (κ1) is 20.1. The number of rotatable bonds is 7. The molecule has 1 aliphatic rings. The van der Waals surface area contributed by atoms with Crippen LogP contribution in [0.25, 0.3) is 0 Å². The van der Waals surface area contributed by atoms with E-state index in [2.05, 4.69) is 87.6 Å². The summed E-state index contributed by atoms with van der Waals surface area (Å²) in [6.07, 6.45) is 3.85. The zero-order chi connectivity index (χ0) is 19.3. The summed E-state index contributed by atoms with van der Waals surface area (Å²) >= 11 is 0. The molecule has 2 aromatic rings. The van der Waals surface area contributed by atoms with Gasteiger partial charge in [0.25, 0.3) is 0 Å². The van der Waals surface area contributed by atoms with Crippen molar-refractivity contribution in [3.05, 3.63) is 71.3 Å². The minimum Gasteiger partial charge on any atom is -0.378 e. The predicted molar refractivity (Wildman–Crippen MR) is 113 cm³/mol. The second-order valence-corrected chi connectivity index (χ2v) is 8.73. The van der Waals surface area contributed by atoms with E-state index in [1.807, 2.05) is 0 Å². The van der Waals surface area contributed by atoms with Crippen molar-refractivity contribution < 1.29 is 10.1 Å². The minimum atomic E-state index is 0.244. The standard InChI is InChI=1S/C25H35NO/c1-19(2)24-18-25(15-17-27-24,23-12-10-20(3)11-13-23)14-16-26-21(4)22-8-6-5-7-9-22/h5-13,19,21,24,26H,14-18H2,1-4H3/p+1/t21-,24-,25+/m0/s1. The Balaban J connectivity index is 1.73. The fourth-order valence-corrected chi connectivity index (χ4v) is 4.42. The summed E-state index contributed by atoms with van der Waals surface area (Å²) in [5.74, 6) is 0.572. The van der Waals surface area contributed by atoms with Crippen LogP contribution in [-0.4, -0.2) is 19.3 Å². The number of quaternary nitrogens is 1. The van der Waals surface area contributed by atoms with Crippen LogP contribution in [0.2, 0.25) is 0 Å². The van der Waals surface area contributed by atoms with Gasteiger partial charge in [-0.15, -0.1) is 0 Å². The molecular weight excluding hydrogens is 330 g/mol. The van der Waals surface area contributed by atoms with Gasteiger partial charge in [0.05, 0.1) is 12.6 Å². The van der Waals surface area contributed by atoms with Crippen LogP contribution in [0.15, 0.2) is 54.6 Å². The highest BCUT2D eigenvalue weighted by Gasteiger charge is 2.39. The monoisotopic (exact) mass is 366 g/mol. The van der Waals surface area contributed by atoms with Crippen molar-refractivity contribution in [3.63, 3.8) is 0 Å². The molecule has 0 unspecified atom stereocenters. The lowest BCUT2D eigenvalue weighted by Gasteiger charge is -2.42. The summed E-state index contributed by atoms with van der Waals surface area (Å²) in [6.45, 7) is 11.1. The molecule has 1 fully saturated rings. The minimum absolute atomic E-state index is 0.244. The van der Waals surface area contributed by atoms with Crippen LogP contribution in [0.3, 0.4) is 0 Å². The van der Waals surface area contributed by atoms with Crippen molar-refractivity contribution in [3.8, 4) is 0 Å². The molecule has 0 saturated carbocycles. The largest absolute Gasteiger partial charge is 0.378 e. The maximum atomic E-state index is 6.13. The Labute approximate surface area is 165 Å². The molecule has 2 nitrogen and oxygen atoms in total. The van der Waals surface area contributed by atoms with E-state index in [0.717, 1.165) is 26.0 Å². The quantitative estimate of drug-likeness (QED) is 0.749. The highest BCUT2D eigenvalue weighted by atomic mass is 16.5. The molecule has 1 saturated heterocycles. The summed E-state index contributed by atoms with van der Waals surface area (Å²) in [5.41, 5.74) is 4.50. The Morgan fingerprint density at radius 1 is 1.04 bits per heavy atom. The number of hydrogen-bond acceptors (Lipinski definition) is 1. The smallest absolute Gasteiger partial charge is 0.109 e. The van der Waals surface area contributed by atoms with Crippen molar-refractivity contribution >= 4 is 0 Å². The van der Waals surface area contributed by atoms with Gasteiger partial charge in [0.15, 0.2) is 0 Å². The van der Waals surface area contributed by atoms with Crippen LogP contribution >= 0.6 is 0 Å². The molecule has 146 valence electrons. The van der Waals surface area contributed by atoms with Gasteiger partial charge in [0.2, 0.25) is 0 Å². The predicted octanol–water partition coefficient (Wildman–Crippen LogP) is 4.78. The molecule has 1 heterocycles. The van der Waals surface area contributed by atoms with E-state index in [-0.39, 0.29) is 5.41 Å². The lowest BCUT2D eigenvalue weighted by molar-refractivity contribution is -0.693. The number of benzene rings is 2. The second kappa shape index (κ2) is 9.03. The Kier molecular flexibility index (Phi) is 6.73. The summed E-state index contributed by atoms with van der Waals surface area (Å²) in [4.78, 5) is 0. The molecule has 0 bridgehead atoms. The normalized spacial score (nSPS) is 24.1. The van der Waals surface area contributed by atoms with E-state index < -0.39 is 0 Å². The molecule has 3 atom stereocenters. The van der Waals surface area contributed by atoms with Gasteiger partial charge in [-0.05, 0) is 38.2 Å². The van der Waals surface area contributed by atoms with Gasteiger partial charge >= 0.3 is 0 Å². The Morgan fingerprint density at radius 3 is 2.41 bits per heavy atom. The van der Waals surface area contributed by atoms with E-state index in [0.29, 0.717) is 18.1 Å². The van der Waals surface area contributed by atoms with Crippen LogP contribution in [0.1, 0.15) is 62.8 Å². The summed E-state index contributed by atoms with van der Waals surface area (Å²) in [6, 6.07) is 20.6. The highest BCUT2D eigenvalue weighted by Crippen LogP contribution is 2.41. The molecule has 0 aromatic heterocycles. The molecule has 0 aliphatic carbocycles. The van der Waals surface area contributed by atoms with Gasteiger partial charge in [-0.1, -0.05) is 74.0 Å². The molecule has 3 rings (SSSR count). The third-order valence-corrected chi connectivity index (χ3v) is 6.38. The first-order valence-electron chi connectivity index (χ1n) is 10.6. The topological polar surface area (TPSA) is 25.8 Å². The van der Waals surface area contributed by atoms with E-state index in [4.69, 9.17) is 4.74 Å². The van der Waals surface area contributed by atoms with Crippen molar-refractivity contribution in [2.75, 3.05) is 13.2 Å². The third kappa shape index (κ3) is 5.00. The van der Waals surface area contributed by atoms with Crippen LogP contribution in [-0.2, 0) is 10.2 Å². The molecule has 2 N–H and O–H groups in total. The maximum Gasteiger partial charge on any atom is 0.109 e. The lowest BCUT2D eigenvalue weighted by Crippen LogP contribution is -2.85. The van der Waals surface area contributed by atoms with Gasteiger partial charge < -0.3 is 10.1 Å². The Morgan fingerprint density at radius 2 is 1.74 bits per heavy atom. The van der Waals surface area contributed by atoms with Gasteiger partial charge in [-0.3, -0.25) is 0 Å². The van der Waals surface area contributed by atoms with E-state index in [1.165, 1.54) is 23.1 Å². The van der Waals surface area contributed by atoms with Crippen LogP contribution in [0, 0.1) is 12.8 Å². The molecule has 0 radical (unpaired) electrons. The zero-order valence-electron chi connectivity index (χ0n) is 17.4. The fourth-order valence-electron chi connectivity index (χ4n) is 4.42. The first-order chi connectivity index (χ1) is 13.0. The number of aryl methyl sites for hydroxylation is 1. The maximum absolute atomic E-state index is 6.13. The van der Waals surface area contributed by atoms with E-state index in [1.54, 1.807) is 0 Å². The Bertz CT molecular complexity index is 694. The van der Waals surface area contributed by atoms with Crippen LogP contribution in [0.5, 0.6) is 0 Å². The van der Waals surface area contributed by atoms with Crippen molar-refractivity contribution in [2.45, 2.75) is 64.5 Å². The van der Waals surface area contributed by atoms with Crippen LogP contribution < -0.4 is 5.32 Å². The molecule has 0 spiro atoms. The van der Waals surface area contributed by atoms with Gasteiger partial charge in [0.1, 0.15) is 6.04 Å². The summed E-state index contributed by atoms with van der Waals surface area (Å²) < 4.78 is 6.13. The van der Waals surface area contributed by atoms with Crippen LogP contribution in [0.4, 0.5) is 0 Å². The van der Waals surface area contributed by atoms with Crippen molar-refractivity contribution in [1.82, 2.24) is 0 Å². The average Bonchev–Trinajstić information content (AvgIpc) is 2.69. The van der Waals surface area contributed by atoms with Gasteiger partial charge in [0, 0.05) is 24.0 Å². The molecule has 1 aliphatic heterocycles. The molecule has 2 aromatic carbocycles. The molecule has 2 heteroatoms.